The molecule has 2 bridgehead atoms. The topological polar surface area (TPSA) is 88.0 Å². The number of hydrogen-bond donors (Lipinski definition) is 3. The minimum Gasteiger partial charge on any atom is -0.493 e. The summed E-state index contributed by atoms with van der Waals surface area (Å²) in [5.74, 6) is 1.20. The zero-order chi connectivity index (χ0) is 22.8. The molecule has 6 nitrogen and oxygen atoms in total. The van der Waals surface area contributed by atoms with Gasteiger partial charge in [-0.2, -0.15) is 0 Å². The first-order valence-corrected chi connectivity index (χ1v) is 12.1. The number of carboxylic acid groups (broad SMARTS) is 1. The van der Waals surface area contributed by atoms with E-state index in [0.717, 1.165) is 44.4 Å². The fraction of sp³-hybridized carbons (Fsp3) is 0.654. The number of carbonyl (C=O) groups is 1. The highest BCUT2D eigenvalue weighted by Gasteiger charge is 2.47. The molecule has 1 unspecified atom stereocenters. The average molecular weight is 446 g/mol. The molecule has 1 aromatic rings. The summed E-state index contributed by atoms with van der Waals surface area (Å²) in [6.07, 6.45) is 11.8. The normalized spacial score (nSPS) is 26.4. The maximum Gasteiger partial charge on any atom is 0.303 e. The van der Waals surface area contributed by atoms with Crippen molar-refractivity contribution >= 4 is 5.97 Å². The zero-order valence-electron chi connectivity index (χ0n) is 19.2. The van der Waals surface area contributed by atoms with Crippen LogP contribution in [-0.2, 0) is 9.53 Å². The minimum absolute atomic E-state index is 0.234. The van der Waals surface area contributed by atoms with Crippen LogP contribution in [0.3, 0.4) is 0 Å². The first kappa shape index (κ1) is 24.7. The second-order valence-electron chi connectivity index (χ2n) is 9.49. The van der Waals surface area contributed by atoms with Crippen LogP contribution in [0.2, 0.25) is 0 Å². The number of aliphatic carboxylic acids is 1. The molecule has 3 rings (SSSR count). The van der Waals surface area contributed by atoms with E-state index in [1.165, 1.54) is 0 Å². The Morgan fingerprint density at radius 2 is 1.97 bits per heavy atom. The molecule has 3 N–H and O–H groups in total. The number of carboxylic acids is 1. The van der Waals surface area contributed by atoms with Gasteiger partial charge in [-0.3, -0.25) is 4.79 Å². The van der Waals surface area contributed by atoms with Crippen LogP contribution in [0.25, 0.3) is 0 Å². The lowest BCUT2D eigenvalue weighted by atomic mass is 9.76. The SMILES string of the molecule is CC(O)(CCOc1ccccc1)CNCC[C@@H]1[C@@H](CC=CCCCC(=O)O)[C@H]2CC[C@@H]1O2. The van der Waals surface area contributed by atoms with Crippen molar-refractivity contribution in [2.24, 2.45) is 11.8 Å². The average Bonchev–Trinajstić information content (AvgIpc) is 3.36. The van der Waals surface area contributed by atoms with E-state index in [2.05, 4.69) is 17.5 Å². The van der Waals surface area contributed by atoms with Crippen molar-refractivity contribution in [3.05, 3.63) is 42.5 Å². The van der Waals surface area contributed by atoms with Gasteiger partial charge in [0.25, 0.3) is 0 Å². The number of rotatable bonds is 15. The van der Waals surface area contributed by atoms with Gasteiger partial charge in [-0.25, -0.2) is 0 Å². The van der Waals surface area contributed by atoms with Crippen LogP contribution in [0.5, 0.6) is 5.75 Å². The lowest BCUT2D eigenvalue weighted by Crippen LogP contribution is -2.40. The number of nitrogens with one attached hydrogen (secondary N) is 1. The number of hydrogen-bond acceptors (Lipinski definition) is 5. The smallest absolute Gasteiger partial charge is 0.303 e. The molecule has 0 aliphatic carbocycles. The van der Waals surface area contributed by atoms with Crippen molar-refractivity contribution in [1.29, 1.82) is 0 Å². The zero-order valence-corrected chi connectivity index (χ0v) is 19.2. The molecule has 0 radical (unpaired) electrons. The molecule has 0 aromatic heterocycles. The van der Waals surface area contributed by atoms with Crippen molar-refractivity contribution in [2.75, 3.05) is 19.7 Å². The van der Waals surface area contributed by atoms with Crippen LogP contribution in [0.1, 0.15) is 58.3 Å². The summed E-state index contributed by atoms with van der Waals surface area (Å²) in [5, 5.41) is 22.8. The van der Waals surface area contributed by atoms with Gasteiger partial charge in [0.2, 0.25) is 0 Å². The van der Waals surface area contributed by atoms with Gasteiger partial charge in [0.05, 0.1) is 24.4 Å². The quantitative estimate of drug-likeness (QED) is 0.277. The number of aliphatic hydroxyl groups is 1. The van der Waals surface area contributed by atoms with Gasteiger partial charge < -0.3 is 25.0 Å². The first-order chi connectivity index (χ1) is 15.4. The molecule has 2 heterocycles. The monoisotopic (exact) mass is 445 g/mol. The molecule has 0 saturated carbocycles. The van der Waals surface area contributed by atoms with E-state index < -0.39 is 11.6 Å². The third kappa shape index (κ3) is 7.91. The fourth-order valence-corrected chi connectivity index (χ4v) is 4.96. The molecule has 178 valence electrons. The summed E-state index contributed by atoms with van der Waals surface area (Å²) < 4.78 is 11.9. The Labute approximate surface area is 192 Å². The molecule has 2 aliphatic rings. The maximum atomic E-state index is 10.6. The Balaban J connectivity index is 1.33. The molecule has 0 spiro atoms. The highest BCUT2D eigenvalue weighted by Crippen LogP contribution is 2.46. The molecule has 6 heteroatoms. The van der Waals surface area contributed by atoms with Crippen molar-refractivity contribution in [2.45, 2.75) is 76.1 Å². The minimum atomic E-state index is -0.807. The largest absolute Gasteiger partial charge is 0.493 e. The van der Waals surface area contributed by atoms with E-state index in [9.17, 15) is 9.90 Å². The van der Waals surface area contributed by atoms with Crippen LogP contribution in [0.4, 0.5) is 0 Å². The van der Waals surface area contributed by atoms with Gasteiger partial charge in [-0.05, 0) is 76.0 Å². The molecular weight excluding hydrogens is 406 g/mol. The fourth-order valence-electron chi connectivity index (χ4n) is 4.96. The van der Waals surface area contributed by atoms with Crippen LogP contribution in [-0.4, -0.2) is 53.7 Å². The summed E-state index contributed by atoms with van der Waals surface area (Å²) in [6.45, 7) is 3.75. The van der Waals surface area contributed by atoms with E-state index in [-0.39, 0.29) is 6.42 Å². The highest BCUT2D eigenvalue weighted by molar-refractivity contribution is 5.66. The Morgan fingerprint density at radius 1 is 1.22 bits per heavy atom. The number of unbranched alkanes of at least 4 members (excludes halogenated alkanes) is 1. The summed E-state index contributed by atoms with van der Waals surface area (Å²) in [7, 11) is 0. The summed E-state index contributed by atoms with van der Waals surface area (Å²) in [4.78, 5) is 10.6. The predicted octanol–water partition coefficient (Wildman–Crippen LogP) is 4.18. The molecule has 2 aliphatic heterocycles. The number of fused-ring (bicyclic) bond motifs is 2. The van der Waals surface area contributed by atoms with Gasteiger partial charge in [-0.1, -0.05) is 30.4 Å². The van der Waals surface area contributed by atoms with Crippen molar-refractivity contribution in [3.63, 3.8) is 0 Å². The van der Waals surface area contributed by atoms with Crippen LogP contribution in [0.15, 0.2) is 42.5 Å². The predicted molar refractivity (Wildman–Crippen MR) is 125 cm³/mol. The van der Waals surface area contributed by atoms with Crippen molar-refractivity contribution in [3.8, 4) is 5.75 Å². The third-order valence-corrected chi connectivity index (χ3v) is 6.74. The standard InChI is InChI=1S/C26H39NO5/c1-26(30,16-18-31-20-9-5-4-6-10-20)19-27-17-15-22-21(23-13-14-24(22)32-23)11-7-2-3-8-12-25(28)29/h2,4-7,9-10,21-24,27,30H,3,8,11-19H2,1H3,(H,28,29)/t21-,22-,23-,24+,26?/m1/s1. The number of ether oxygens (including phenoxy) is 2. The summed E-state index contributed by atoms with van der Waals surface area (Å²) >= 11 is 0. The molecule has 32 heavy (non-hydrogen) atoms. The Hall–Kier alpha value is -1.89. The number of allylic oxidation sites excluding steroid dienone is 2. The highest BCUT2D eigenvalue weighted by atomic mass is 16.5. The van der Waals surface area contributed by atoms with Crippen molar-refractivity contribution < 1.29 is 24.5 Å². The Kier molecular flexibility index (Phi) is 9.57. The molecule has 2 fully saturated rings. The van der Waals surface area contributed by atoms with Gasteiger partial charge in [0.1, 0.15) is 5.75 Å². The van der Waals surface area contributed by atoms with E-state index in [1.807, 2.05) is 37.3 Å². The van der Waals surface area contributed by atoms with Crippen LogP contribution >= 0.6 is 0 Å². The van der Waals surface area contributed by atoms with Gasteiger partial charge in [0, 0.05) is 19.4 Å². The molecular formula is C26H39NO5. The Bertz CT molecular complexity index is 720. The van der Waals surface area contributed by atoms with Crippen molar-refractivity contribution in [1.82, 2.24) is 5.32 Å². The van der Waals surface area contributed by atoms with Gasteiger partial charge in [-0.15, -0.1) is 0 Å². The van der Waals surface area contributed by atoms with E-state index >= 15 is 0 Å². The summed E-state index contributed by atoms with van der Waals surface area (Å²) in [5.41, 5.74) is -0.807. The number of benzene rings is 1. The lowest BCUT2D eigenvalue weighted by Gasteiger charge is -2.28. The lowest BCUT2D eigenvalue weighted by molar-refractivity contribution is -0.137. The first-order valence-electron chi connectivity index (χ1n) is 12.1. The summed E-state index contributed by atoms with van der Waals surface area (Å²) in [6, 6.07) is 9.68. The maximum absolute atomic E-state index is 10.6. The van der Waals surface area contributed by atoms with Gasteiger partial charge in [0.15, 0.2) is 0 Å². The second-order valence-corrected chi connectivity index (χ2v) is 9.49. The molecule has 2 saturated heterocycles. The van der Waals surface area contributed by atoms with E-state index in [0.29, 0.717) is 50.0 Å². The second kappa shape index (κ2) is 12.4. The third-order valence-electron chi connectivity index (χ3n) is 6.74. The van der Waals surface area contributed by atoms with Crippen LogP contribution in [0, 0.1) is 11.8 Å². The van der Waals surface area contributed by atoms with Crippen LogP contribution < -0.4 is 10.1 Å². The molecule has 0 amide bonds. The van der Waals surface area contributed by atoms with E-state index in [4.69, 9.17) is 14.6 Å². The van der Waals surface area contributed by atoms with E-state index in [1.54, 1.807) is 0 Å². The molecule has 5 atom stereocenters. The number of para-hydroxylation sites is 1. The molecule has 1 aromatic carbocycles. The van der Waals surface area contributed by atoms with Gasteiger partial charge >= 0.3 is 5.97 Å². The Morgan fingerprint density at radius 3 is 2.72 bits per heavy atom.